The van der Waals surface area contributed by atoms with Gasteiger partial charge in [-0.1, -0.05) is 13.8 Å². The van der Waals surface area contributed by atoms with E-state index >= 15 is 0 Å². The smallest absolute Gasteiger partial charge is 0.326 e. The summed E-state index contributed by atoms with van der Waals surface area (Å²) in [4.78, 5) is 32.9. The van der Waals surface area contributed by atoms with E-state index in [9.17, 15) is 14.4 Å². The van der Waals surface area contributed by atoms with Crippen LogP contribution in [0.1, 0.15) is 33.6 Å². The Hall–Kier alpha value is -1.79. The number of hydrogen-bond donors (Lipinski definition) is 4. The Balaban J connectivity index is 4.25. The number of carbonyl (C=O) groups is 3. The molecule has 0 rings (SSSR count). The van der Waals surface area contributed by atoms with Crippen LogP contribution in [0.25, 0.3) is 0 Å². The maximum absolute atomic E-state index is 11.5. The highest BCUT2D eigenvalue weighted by atomic mass is 16.4. The molecule has 0 aromatic rings. The highest BCUT2D eigenvalue weighted by Gasteiger charge is 2.22. The van der Waals surface area contributed by atoms with Crippen LogP contribution in [0.4, 0.5) is 4.79 Å². The van der Waals surface area contributed by atoms with Crippen molar-refractivity contribution < 1.29 is 19.5 Å². The number of rotatable bonds is 7. The summed E-state index contributed by atoms with van der Waals surface area (Å²) < 4.78 is 0. The zero-order valence-corrected chi connectivity index (χ0v) is 10.9. The molecule has 0 fully saturated rings. The van der Waals surface area contributed by atoms with E-state index in [0.717, 1.165) is 6.42 Å². The van der Waals surface area contributed by atoms with Gasteiger partial charge in [-0.25, -0.2) is 9.59 Å². The largest absolute Gasteiger partial charge is 0.480 e. The molecule has 104 valence electrons. The molecular formula is C11H21N3O4. The first-order valence-electron chi connectivity index (χ1n) is 5.80. The molecule has 0 aliphatic carbocycles. The molecule has 5 N–H and O–H groups in total. The van der Waals surface area contributed by atoms with Gasteiger partial charge in [0.1, 0.15) is 6.04 Å². The Bertz CT molecular complexity index is 317. The van der Waals surface area contributed by atoms with Gasteiger partial charge in [0.15, 0.2) is 0 Å². The molecule has 0 aliphatic heterocycles. The first-order chi connectivity index (χ1) is 8.22. The number of amides is 3. The van der Waals surface area contributed by atoms with Crippen LogP contribution >= 0.6 is 0 Å². The van der Waals surface area contributed by atoms with Crippen LogP contribution in [0.15, 0.2) is 0 Å². The number of aliphatic carboxylic acids is 1. The van der Waals surface area contributed by atoms with Gasteiger partial charge in [0.25, 0.3) is 0 Å². The van der Waals surface area contributed by atoms with Gasteiger partial charge in [0.05, 0.1) is 6.42 Å². The molecule has 2 atom stereocenters. The fraction of sp³-hybridized carbons (Fsp3) is 0.727. The van der Waals surface area contributed by atoms with Crippen LogP contribution in [0.5, 0.6) is 0 Å². The Kier molecular flexibility index (Phi) is 6.77. The van der Waals surface area contributed by atoms with Gasteiger partial charge in [0.2, 0.25) is 5.91 Å². The van der Waals surface area contributed by atoms with Gasteiger partial charge in [0, 0.05) is 6.04 Å². The molecule has 18 heavy (non-hydrogen) atoms. The van der Waals surface area contributed by atoms with E-state index in [0.29, 0.717) is 5.92 Å². The fourth-order valence-electron chi connectivity index (χ4n) is 1.59. The maximum Gasteiger partial charge on any atom is 0.326 e. The third kappa shape index (κ3) is 7.48. The van der Waals surface area contributed by atoms with Crippen molar-refractivity contribution in [2.24, 2.45) is 11.7 Å². The lowest BCUT2D eigenvalue weighted by molar-refractivity contribution is -0.140. The summed E-state index contributed by atoms with van der Waals surface area (Å²) in [6, 6.07) is -1.99. The van der Waals surface area contributed by atoms with Crippen molar-refractivity contribution in [2.75, 3.05) is 0 Å². The number of carboxylic acid groups (broad SMARTS) is 1. The van der Waals surface area contributed by atoms with Gasteiger partial charge in [-0.3, -0.25) is 4.79 Å². The molecule has 7 nitrogen and oxygen atoms in total. The topological polar surface area (TPSA) is 122 Å². The fourth-order valence-corrected chi connectivity index (χ4v) is 1.59. The Labute approximate surface area is 106 Å². The monoisotopic (exact) mass is 259 g/mol. The third-order valence-electron chi connectivity index (χ3n) is 2.21. The molecule has 0 spiro atoms. The second-order valence-corrected chi connectivity index (χ2v) is 4.71. The van der Waals surface area contributed by atoms with Crippen LogP contribution in [0.3, 0.4) is 0 Å². The van der Waals surface area contributed by atoms with Crippen LogP contribution in [0, 0.1) is 5.92 Å². The van der Waals surface area contributed by atoms with Crippen molar-refractivity contribution in [1.29, 1.82) is 0 Å². The molecule has 3 amide bonds. The molecule has 1 unspecified atom stereocenters. The van der Waals surface area contributed by atoms with Crippen molar-refractivity contribution in [3.05, 3.63) is 0 Å². The predicted octanol–water partition coefficient (Wildman–Crippen LogP) is 0.0488. The molecule has 0 bridgehead atoms. The Morgan fingerprint density at radius 2 is 1.72 bits per heavy atom. The maximum atomic E-state index is 11.5. The van der Waals surface area contributed by atoms with E-state index in [4.69, 9.17) is 10.8 Å². The number of carbonyl (C=O) groups excluding carboxylic acids is 2. The molecule has 0 saturated heterocycles. The molecule has 0 aromatic carbocycles. The Morgan fingerprint density at radius 1 is 1.17 bits per heavy atom. The van der Waals surface area contributed by atoms with E-state index in [1.165, 1.54) is 0 Å². The summed E-state index contributed by atoms with van der Waals surface area (Å²) in [6.45, 7) is 5.86. The normalized spacial score (nSPS) is 13.8. The first-order valence-corrected chi connectivity index (χ1v) is 5.80. The second kappa shape index (κ2) is 7.52. The minimum Gasteiger partial charge on any atom is -0.480 e. The van der Waals surface area contributed by atoms with Crippen LogP contribution in [0.2, 0.25) is 0 Å². The van der Waals surface area contributed by atoms with Crippen molar-refractivity contribution >= 4 is 17.9 Å². The molecule has 0 aromatic heterocycles. The predicted molar refractivity (Wildman–Crippen MR) is 65.8 cm³/mol. The number of urea groups is 1. The summed E-state index contributed by atoms with van der Waals surface area (Å²) in [7, 11) is 0. The Morgan fingerprint density at radius 3 is 2.11 bits per heavy atom. The SMILES string of the molecule is CC(C)CC(C)NC(=O)N[C@H](CC(N)=O)C(=O)O. The van der Waals surface area contributed by atoms with E-state index < -0.39 is 30.4 Å². The van der Waals surface area contributed by atoms with Gasteiger partial charge in [-0.15, -0.1) is 0 Å². The lowest BCUT2D eigenvalue weighted by Gasteiger charge is -2.18. The second-order valence-electron chi connectivity index (χ2n) is 4.71. The summed E-state index contributed by atoms with van der Waals surface area (Å²) in [6.07, 6.45) is 0.349. The number of hydrogen-bond acceptors (Lipinski definition) is 3. The quantitative estimate of drug-likeness (QED) is 0.516. The van der Waals surface area contributed by atoms with E-state index in [1.54, 1.807) is 0 Å². The third-order valence-corrected chi connectivity index (χ3v) is 2.21. The van der Waals surface area contributed by atoms with Gasteiger partial charge in [-0.05, 0) is 19.3 Å². The number of primary amides is 1. The number of nitrogens with one attached hydrogen (secondary N) is 2. The molecule has 0 saturated carbocycles. The standard InChI is InChI=1S/C11H21N3O4/c1-6(2)4-7(3)13-11(18)14-8(10(16)17)5-9(12)15/h6-8H,4-5H2,1-3H3,(H2,12,15)(H,16,17)(H2,13,14,18)/t7?,8-/m1/s1. The number of nitrogens with two attached hydrogens (primary N) is 1. The first kappa shape index (κ1) is 16.2. The summed E-state index contributed by atoms with van der Waals surface area (Å²) in [5.74, 6) is -1.65. The summed E-state index contributed by atoms with van der Waals surface area (Å²) in [5.41, 5.74) is 4.90. The minimum absolute atomic E-state index is 0.0759. The van der Waals surface area contributed by atoms with Crippen molar-refractivity contribution in [1.82, 2.24) is 10.6 Å². The highest BCUT2D eigenvalue weighted by molar-refractivity contribution is 5.87. The van der Waals surface area contributed by atoms with Crippen LogP contribution < -0.4 is 16.4 Å². The van der Waals surface area contributed by atoms with Crippen LogP contribution in [-0.2, 0) is 9.59 Å². The van der Waals surface area contributed by atoms with E-state index in [-0.39, 0.29) is 6.04 Å². The molecule has 7 heteroatoms. The zero-order valence-electron chi connectivity index (χ0n) is 10.9. The highest BCUT2D eigenvalue weighted by Crippen LogP contribution is 2.03. The van der Waals surface area contributed by atoms with Gasteiger partial charge in [-0.2, -0.15) is 0 Å². The number of carboxylic acids is 1. The van der Waals surface area contributed by atoms with E-state index in [2.05, 4.69) is 10.6 Å². The van der Waals surface area contributed by atoms with Crippen molar-refractivity contribution in [2.45, 2.75) is 45.7 Å². The minimum atomic E-state index is -1.30. The van der Waals surface area contributed by atoms with Crippen LogP contribution in [-0.4, -0.2) is 35.1 Å². The summed E-state index contributed by atoms with van der Waals surface area (Å²) in [5, 5.41) is 13.6. The van der Waals surface area contributed by atoms with Crippen molar-refractivity contribution in [3.8, 4) is 0 Å². The van der Waals surface area contributed by atoms with Gasteiger partial charge >= 0.3 is 12.0 Å². The van der Waals surface area contributed by atoms with Gasteiger partial charge < -0.3 is 21.5 Å². The van der Waals surface area contributed by atoms with Crippen molar-refractivity contribution in [3.63, 3.8) is 0 Å². The molecule has 0 aliphatic rings. The average Bonchev–Trinajstić information content (AvgIpc) is 2.13. The molecular weight excluding hydrogens is 238 g/mol. The summed E-state index contributed by atoms with van der Waals surface area (Å²) >= 11 is 0. The van der Waals surface area contributed by atoms with E-state index in [1.807, 2.05) is 20.8 Å². The lowest BCUT2D eigenvalue weighted by Crippen LogP contribution is -2.49. The average molecular weight is 259 g/mol. The lowest BCUT2D eigenvalue weighted by atomic mass is 10.1. The zero-order chi connectivity index (χ0) is 14.3. The molecule has 0 heterocycles. The molecule has 0 radical (unpaired) electrons.